The first-order chi connectivity index (χ1) is 16.4. The number of thiophene rings is 1. The molecule has 2 aromatic rings. The topological polar surface area (TPSA) is 55.4 Å². The summed E-state index contributed by atoms with van der Waals surface area (Å²) in [6, 6.07) is 8.48. The van der Waals surface area contributed by atoms with Crippen molar-refractivity contribution in [3.63, 3.8) is 0 Å². The highest BCUT2D eigenvalue weighted by atomic mass is 32.1. The van der Waals surface area contributed by atoms with E-state index < -0.39 is 0 Å². The largest absolute Gasteiger partial charge is 0.465 e. The number of rotatable bonds is 8. The van der Waals surface area contributed by atoms with Crippen LogP contribution in [0.1, 0.15) is 85.5 Å². The monoisotopic (exact) mass is 479 g/mol. The Kier molecular flexibility index (Phi) is 6.58. The summed E-state index contributed by atoms with van der Waals surface area (Å²) >= 11 is 1.49. The zero-order valence-corrected chi connectivity index (χ0v) is 21.6. The molecule has 0 unspecified atom stereocenters. The standard InChI is InChI=1S/C29H37NO3S/c1-4-5-6-19-7-9-23(10-8-19)25-18(2)34-27(26(25)28(32)33-3)30-24(31)17-29-14-20-11-21(15-29)13-22(12-20)16-29/h7-10,20-22H,4-6,11-17H2,1-3H3,(H,30,31). The summed E-state index contributed by atoms with van der Waals surface area (Å²) in [6.45, 7) is 4.22. The van der Waals surface area contributed by atoms with Gasteiger partial charge in [0.15, 0.2) is 0 Å². The maximum atomic E-state index is 13.3. The summed E-state index contributed by atoms with van der Waals surface area (Å²) in [7, 11) is 1.41. The predicted octanol–water partition coefficient (Wildman–Crippen LogP) is 7.40. The molecule has 4 aliphatic rings. The van der Waals surface area contributed by atoms with Crippen LogP contribution in [0.3, 0.4) is 0 Å². The number of carbonyl (C=O) groups is 2. The van der Waals surface area contributed by atoms with Crippen LogP contribution >= 0.6 is 11.3 Å². The molecule has 1 amide bonds. The molecule has 4 saturated carbocycles. The van der Waals surface area contributed by atoms with Crippen LogP contribution in [0.5, 0.6) is 0 Å². The van der Waals surface area contributed by atoms with Gasteiger partial charge in [-0.3, -0.25) is 4.79 Å². The van der Waals surface area contributed by atoms with E-state index in [1.54, 1.807) is 0 Å². The second-order valence-electron chi connectivity index (χ2n) is 11.2. The van der Waals surface area contributed by atoms with Gasteiger partial charge in [0.05, 0.1) is 7.11 Å². The fourth-order valence-electron chi connectivity index (χ4n) is 7.51. The second kappa shape index (κ2) is 9.49. The van der Waals surface area contributed by atoms with Gasteiger partial charge in [-0.15, -0.1) is 11.3 Å². The molecule has 34 heavy (non-hydrogen) atoms. The number of anilines is 1. The van der Waals surface area contributed by atoms with Gasteiger partial charge in [0, 0.05) is 16.9 Å². The molecule has 0 aliphatic heterocycles. The molecule has 1 aromatic heterocycles. The lowest BCUT2D eigenvalue weighted by molar-refractivity contribution is -0.124. The molecular weight excluding hydrogens is 442 g/mol. The lowest BCUT2D eigenvalue weighted by Gasteiger charge is -2.56. The molecule has 1 heterocycles. The smallest absolute Gasteiger partial charge is 0.341 e. The van der Waals surface area contributed by atoms with Gasteiger partial charge in [-0.2, -0.15) is 0 Å². The third kappa shape index (κ3) is 4.56. The van der Waals surface area contributed by atoms with Crippen molar-refractivity contribution in [1.82, 2.24) is 0 Å². The number of ether oxygens (including phenoxy) is 1. The molecule has 4 nitrogen and oxygen atoms in total. The van der Waals surface area contributed by atoms with Crippen molar-refractivity contribution in [1.29, 1.82) is 0 Å². The van der Waals surface area contributed by atoms with Gasteiger partial charge in [0.25, 0.3) is 0 Å². The van der Waals surface area contributed by atoms with Crippen molar-refractivity contribution >= 4 is 28.2 Å². The van der Waals surface area contributed by atoms with Crippen LogP contribution in [0, 0.1) is 30.1 Å². The van der Waals surface area contributed by atoms with Gasteiger partial charge >= 0.3 is 5.97 Å². The molecule has 5 heteroatoms. The van der Waals surface area contributed by atoms with E-state index in [1.165, 1.54) is 75.4 Å². The Morgan fingerprint density at radius 3 is 2.24 bits per heavy atom. The van der Waals surface area contributed by atoms with Crippen LogP contribution in [0.15, 0.2) is 24.3 Å². The number of amides is 1. The summed E-state index contributed by atoms with van der Waals surface area (Å²) in [6.07, 6.45) is 11.7. The van der Waals surface area contributed by atoms with Gasteiger partial charge < -0.3 is 10.1 Å². The SMILES string of the molecule is CCCCc1ccc(-c2c(C)sc(NC(=O)CC34CC5CC(CC(C5)C3)C4)c2C(=O)OC)cc1. The van der Waals surface area contributed by atoms with Crippen LogP contribution < -0.4 is 5.32 Å². The minimum Gasteiger partial charge on any atom is -0.465 e. The van der Waals surface area contributed by atoms with E-state index in [2.05, 4.69) is 36.5 Å². The zero-order valence-electron chi connectivity index (χ0n) is 20.7. The lowest BCUT2D eigenvalue weighted by atomic mass is 9.49. The van der Waals surface area contributed by atoms with Crippen LogP contribution in [-0.4, -0.2) is 19.0 Å². The van der Waals surface area contributed by atoms with Crippen LogP contribution in [0.2, 0.25) is 0 Å². The molecule has 1 N–H and O–H groups in total. The minimum atomic E-state index is -0.389. The van der Waals surface area contributed by atoms with Gasteiger partial charge in [-0.05, 0) is 92.6 Å². The highest BCUT2D eigenvalue weighted by Gasteiger charge is 2.51. The Bertz CT molecular complexity index is 1030. The van der Waals surface area contributed by atoms with E-state index in [1.807, 2.05) is 6.92 Å². The predicted molar refractivity (Wildman–Crippen MR) is 138 cm³/mol. The van der Waals surface area contributed by atoms with Gasteiger partial charge in [-0.25, -0.2) is 4.79 Å². The van der Waals surface area contributed by atoms with Crippen molar-refractivity contribution in [3.8, 4) is 11.1 Å². The number of methoxy groups -OCH3 is 1. The van der Waals surface area contributed by atoms with Crippen molar-refractivity contribution in [3.05, 3.63) is 40.3 Å². The van der Waals surface area contributed by atoms with Crippen molar-refractivity contribution < 1.29 is 14.3 Å². The molecule has 1 aromatic carbocycles. The van der Waals surface area contributed by atoms with Crippen LogP contribution in [0.4, 0.5) is 5.00 Å². The second-order valence-corrected chi connectivity index (χ2v) is 12.4. The highest BCUT2D eigenvalue weighted by Crippen LogP contribution is 2.61. The molecule has 4 aliphatic carbocycles. The number of esters is 1. The van der Waals surface area contributed by atoms with E-state index in [0.717, 1.165) is 40.2 Å². The van der Waals surface area contributed by atoms with Crippen LogP contribution in [0.25, 0.3) is 11.1 Å². The molecule has 4 fully saturated rings. The van der Waals surface area contributed by atoms with E-state index in [0.29, 0.717) is 17.0 Å². The highest BCUT2D eigenvalue weighted by molar-refractivity contribution is 7.17. The van der Waals surface area contributed by atoms with Crippen molar-refractivity contribution in [2.45, 2.75) is 78.1 Å². The first-order valence-corrected chi connectivity index (χ1v) is 13.8. The van der Waals surface area contributed by atoms with Crippen molar-refractivity contribution in [2.75, 3.05) is 12.4 Å². The molecule has 0 atom stereocenters. The fourth-order valence-corrected chi connectivity index (χ4v) is 8.59. The number of aryl methyl sites for hydroxylation is 2. The number of hydrogen-bond donors (Lipinski definition) is 1. The summed E-state index contributed by atoms with van der Waals surface area (Å²) in [4.78, 5) is 27.2. The average molecular weight is 480 g/mol. The molecule has 0 spiro atoms. The Balaban J connectivity index is 1.38. The molecule has 0 radical (unpaired) electrons. The number of unbranched alkanes of at least 4 members (excludes halogenated alkanes) is 1. The minimum absolute atomic E-state index is 0.0508. The Labute approximate surface area is 207 Å². The third-order valence-electron chi connectivity index (χ3n) is 8.49. The molecule has 6 rings (SSSR count). The molecular formula is C29H37NO3S. The number of benzene rings is 1. The number of carbonyl (C=O) groups excluding carboxylic acids is 2. The first kappa shape index (κ1) is 23.6. The normalized spacial score (nSPS) is 27.1. The summed E-state index contributed by atoms with van der Waals surface area (Å²) in [5, 5.41) is 3.78. The number of hydrogen-bond acceptors (Lipinski definition) is 4. The zero-order chi connectivity index (χ0) is 23.9. The van der Waals surface area contributed by atoms with E-state index in [9.17, 15) is 9.59 Å². The summed E-state index contributed by atoms with van der Waals surface area (Å²) in [5.41, 5.74) is 3.85. The third-order valence-corrected chi connectivity index (χ3v) is 9.51. The number of nitrogens with one attached hydrogen (secondary N) is 1. The van der Waals surface area contributed by atoms with Gasteiger partial charge in [-0.1, -0.05) is 37.6 Å². The van der Waals surface area contributed by atoms with Crippen LogP contribution in [-0.2, 0) is 16.0 Å². The molecule has 0 saturated heterocycles. The molecule has 182 valence electrons. The van der Waals surface area contributed by atoms with Gasteiger partial charge in [0.2, 0.25) is 5.91 Å². The Hall–Kier alpha value is -2.14. The van der Waals surface area contributed by atoms with E-state index in [4.69, 9.17) is 4.74 Å². The van der Waals surface area contributed by atoms with Crippen molar-refractivity contribution in [2.24, 2.45) is 23.2 Å². The van der Waals surface area contributed by atoms with Gasteiger partial charge in [0.1, 0.15) is 10.6 Å². The quantitative estimate of drug-likeness (QED) is 0.401. The maximum Gasteiger partial charge on any atom is 0.341 e. The van der Waals surface area contributed by atoms with E-state index >= 15 is 0 Å². The first-order valence-electron chi connectivity index (χ1n) is 13.0. The lowest BCUT2D eigenvalue weighted by Crippen LogP contribution is -2.47. The Morgan fingerprint density at radius 2 is 1.68 bits per heavy atom. The summed E-state index contributed by atoms with van der Waals surface area (Å²) < 4.78 is 5.16. The molecule has 4 bridgehead atoms. The summed E-state index contributed by atoms with van der Waals surface area (Å²) in [5.74, 6) is 2.12. The average Bonchev–Trinajstić information content (AvgIpc) is 3.11. The Morgan fingerprint density at radius 1 is 1.06 bits per heavy atom. The van der Waals surface area contributed by atoms with E-state index in [-0.39, 0.29) is 17.3 Å². The maximum absolute atomic E-state index is 13.3. The fraction of sp³-hybridized carbons (Fsp3) is 0.586.